The van der Waals surface area contributed by atoms with Gasteiger partial charge in [0.1, 0.15) is 11.0 Å². The highest BCUT2D eigenvalue weighted by Crippen LogP contribution is 2.37. The van der Waals surface area contributed by atoms with Crippen LogP contribution < -0.4 is 4.84 Å². The summed E-state index contributed by atoms with van der Waals surface area (Å²) >= 11 is 0. The highest BCUT2D eigenvalue weighted by molar-refractivity contribution is 5.96. The predicted molar refractivity (Wildman–Crippen MR) is 121 cm³/mol. The van der Waals surface area contributed by atoms with Gasteiger partial charge in [0, 0.05) is 23.1 Å². The third kappa shape index (κ3) is 3.60. The molecule has 0 N–H and O–H groups in total. The van der Waals surface area contributed by atoms with Crippen LogP contribution in [0.25, 0.3) is 21.9 Å². The summed E-state index contributed by atoms with van der Waals surface area (Å²) in [6, 6.07) is 13.7. The summed E-state index contributed by atoms with van der Waals surface area (Å²) in [5.74, 6) is 0.263. The number of aryl methyl sites for hydroxylation is 1. The number of rotatable bonds is 5. The molecule has 4 aromatic rings. The highest BCUT2D eigenvalue weighted by Gasteiger charge is 2.25. The predicted octanol–water partition coefficient (Wildman–Crippen LogP) is 5.49. The molecule has 1 unspecified atom stereocenters. The van der Waals surface area contributed by atoms with Gasteiger partial charge < -0.3 is 9.40 Å². The Morgan fingerprint density at radius 1 is 1.13 bits per heavy atom. The Morgan fingerprint density at radius 3 is 2.74 bits per heavy atom. The fourth-order valence-corrected chi connectivity index (χ4v) is 5.15. The maximum Gasteiger partial charge on any atom is 0.365 e. The van der Waals surface area contributed by atoms with Crippen LogP contribution in [0.2, 0.25) is 0 Å². The highest BCUT2D eigenvalue weighted by atomic mass is 16.7. The van der Waals surface area contributed by atoms with E-state index in [0.29, 0.717) is 28.6 Å². The molecule has 0 spiro atoms. The second-order valence-corrected chi connectivity index (χ2v) is 8.65. The lowest BCUT2D eigenvalue weighted by Gasteiger charge is -2.31. The minimum Gasteiger partial charge on any atom is -0.344 e. The molecule has 1 saturated carbocycles. The van der Waals surface area contributed by atoms with E-state index in [-0.39, 0.29) is 0 Å². The molecule has 31 heavy (non-hydrogen) atoms. The molecule has 2 aromatic heterocycles. The molecule has 160 valence electrons. The number of para-hydroxylation sites is 1. The van der Waals surface area contributed by atoms with Gasteiger partial charge >= 0.3 is 5.97 Å². The second kappa shape index (κ2) is 8.17. The smallest absolute Gasteiger partial charge is 0.344 e. The SMILES string of the molecule is CCC(C1CCCCC1)n1cc(C)c2ccc(C(=O)On3nnc4ccccc43)cc21. The molecule has 6 heteroatoms. The fraction of sp³-hybridized carbons (Fsp3) is 0.400. The zero-order chi connectivity index (χ0) is 21.4. The molecule has 2 aromatic carbocycles. The zero-order valence-electron chi connectivity index (χ0n) is 18.1. The molecule has 1 aliphatic carbocycles. The number of benzene rings is 2. The summed E-state index contributed by atoms with van der Waals surface area (Å²) in [4.78, 5) is 19.7. The van der Waals surface area contributed by atoms with Gasteiger partial charge in [0.05, 0.1) is 5.56 Å². The third-order valence-electron chi connectivity index (χ3n) is 6.73. The summed E-state index contributed by atoms with van der Waals surface area (Å²) in [6.07, 6.45) is 9.93. The number of hydrogen-bond acceptors (Lipinski definition) is 4. The molecule has 0 saturated heterocycles. The lowest BCUT2D eigenvalue weighted by Crippen LogP contribution is -2.22. The van der Waals surface area contributed by atoms with Gasteiger partial charge in [-0.2, -0.15) is 0 Å². The van der Waals surface area contributed by atoms with Crippen LogP contribution in [0.5, 0.6) is 0 Å². The Bertz CT molecular complexity index is 1230. The standard InChI is InChI=1S/C25H28N4O2/c1-3-22(18-9-5-4-6-10-18)28-16-17(2)20-14-13-19(15-24(20)28)25(30)31-29-23-12-8-7-11-21(23)26-27-29/h7-8,11-16,18,22H,3-6,9-10H2,1-2H3. The van der Waals surface area contributed by atoms with Crippen LogP contribution in [0.3, 0.4) is 0 Å². The average molecular weight is 417 g/mol. The van der Waals surface area contributed by atoms with Crippen molar-refractivity contribution in [2.45, 2.75) is 58.4 Å². The Balaban J connectivity index is 1.48. The molecule has 1 aliphatic rings. The van der Waals surface area contributed by atoms with Crippen LogP contribution in [0.15, 0.2) is 48.7 Å². The number of carbonyl (C=O) groups is 1. The Labute approximate surface area is 181 Å². The molecule has 0 aliphatic heterocycles. The number of nitrogens with zero attached hydrogens (tertiary/aromatic N) is 4. The van der Waals surface area contributed by atoms with Crippen molar-refractivity contribution in [1.82, 2.24) is 19.7 Å². The number of carbonyl (C=O) groups excluding carboxylic acids is 1. The fourth-order valence-electron chi connectivity index (χ4n) is 5.15. The van der Waals surface area contributed by atoms with Gasteiger partial charge in [0.25, 0.3) is 0 Å². The third-order valence-corrected chi connectivity index (χ3v) is 6.73. The molecule has 0 radical (unpaired) electrons. The van der Waals surface area contributed by atoms with Crippen LogP contribution in [-0.4, -0.2) is 25.7 Å². The largest absolute Gasteiger partial charge is 0.365 e. The van der Waals surface area contributed by atoms with Gasteiger partial charge in [-0.05, 0) is 67.1 Å². The first-order valence-corrected chi connectivity index (χ1v) is 11.3. The van der Waals surface area contributed by atoms with E-state index in [1.165, 1.54) is 47.9 Å². The number of aromatic nitrogens is 4. The van der Waals surface area contributed by atoms with Crippen molar-refractivity contribution in [3.63, 3.8) is 0 Å². The van der Waals surface area contributed by atoms with Gasteiger partial charge in [0.15, 0.2) is 0 Å². The normalized spacial score (nSPS) is 16.1. The van der Waals surface area contributed by atoms with Crippen molar-refractivity contribution < 1.29 is 9.63 Å². The van der Waals surface area contributed by atoms with Crippen molar-refractivity contribution in [2.24, 2.45) is 5.92 Å². The van der Waals surface area contributed by atoms with Gasteiger partial charge in [-0.25, -0.2) is 4.79 Å². The molecule has 0 amide bonds. The topological polar surface area (TPSA) is 61.9 Å². The first kappa shape index (κ1) is 19.8. The van der Waals surface area contributed by atoms with E-state index in [1.807, 2.05) is 42.5 Å². The average Bonchev–Trinajstić information content (AvgIpc) is 3.36. The molecule has 6 nitrogen and oxygen atoms in total. The van der Waals surface area contributed by atoms with Crippen LogP contribution in [-0.2, 0) is 0 Å². The van der Waals surface area contributed by atoms with Gasteiger partial charge in [-0.15, -0.1) is 5.10 Å². The van der Waals surface area contributed by atoms with E-state index in [2.05, 4.69) is 34.9 Å². The first-order chi connectivity index (χ1) is 15.2. The minimum absolute atomic E-state index is 0.436. The monoisotopic (exact) mass is 416 g/mol. The summed E-state index contributed by atoms with van der Waals surface area (Å²) < 4.78 is 2.41. The van der Waals surface area contributed by atoms with Crippen LogP contribution in [0.4, 0.5) is 0 Å². The summed E-state index contributed by atoms with van der Waals surface area (Å²) in [5.41, 5.74) is 4.22. The Hall–Kier alpha value is -3.15. The maximum absolute atomic E-state index is 12.9. The lowest BCUT2D eigenvalue weighted by atomic mass is 9.82. The van der Waals surface area contributed by atoms with E-state index >= 15 is 0 Å². The van der Waals surface area contributed by atoms with Crippen molar-refractivity contribution in [1.29, 1.82) is 0 Å². The lowest BCUT2D eigenvalue weighted by molar-refractivity contribution is 0.0409. The van der Waals surface area contributed by atoms with E-state index in [4.69, 9.17) is 4.84 Å². The van der Waals surface area contributed by atoms with E-state index < -0.39 is 5.97 Å². The zero-order valence-corrected chi connectivity index (χ0v) is 18.1. The molecule has 1 atom stereocenters. The van der Waals surface area contributed by atoms with Crippen LogP contribution >= 0.6 is 0 Å². The van der Waals surface area contributed by atoms with Crippen molar-refractivity contribution in [3.05, 3.63) is 59.8 Å². The molecular formula is C25H28N4O2. The van der Waals surface area contributed by atoms with E-state index in [1.54, 1.807) is 0 Å². The first-order valence-electron chi connectivity index (χ1n) is 11.3. The van der Waals surface area contributed by atoms with Gasteiger partial charge in [-0.3, -0.25) is 0 Å². The molecule has 5 rings (SSSR count). The molecule has 0 bridgehead atoms. The van der Waals surface area contributed by atoms with Crippen molar-refractivity contribution in [2.75, 3.05) is 0 Å². The molecule has 2 heterocycles. The second-order valence-electron chi connectivity index (χ2n) is 8.65. The molecular weight excluding hydrogens is 388 g/mol. The van der Waals surface area contributed by atoms with Crippen molar-refractivity contribution >= 4 is 27.9 Å². The van der Waals surface area contributed by atoms with Crippen LogP contribution in [0.1, 0.15) is 67.4 Å². The number of fused-ring (bicyclic) bond motifs is 2. The van der Waals surface area contributed by atoms with E-state index in [0.717, 1.165) is 11.9 Å². The van der Waals surface area contributed by atoms with Gasteiger partial charge in [0.2, 0.25) is 0 Å². The summed E-state index contributed by atoms with van der Waals surface area (Å²) in [6.45, 7) is 4.42. The number of hydrogen-bond donors (Lipinski definition) is 0. The molecule has 1 fully saturated rings. The summed E-state index contributed by atoms with van der Waals surface area (Å²) in [5, 5.41) is 9.21. The van der Waals surface area contributed by atoms with E-state index in [9.17, 15) is 4.79 Å². The summed E-state index contributed by atoms with van der Waals surface area (Å²) in [7, 11) is 0. The quantitative estimate of drug-likeness (QED) is 0.403. The van der Waals surface area contributed by atoms with Crippen LogP contribution in [0, 0.1) is 12.8 Å². The maximum atomic E-state index is 12.9. The van der Waals surface area contributed by atoms with Gasteiger partial charge in [-0.1, -0.05) is 49.2 Å². The Morgan fingerprint density at radius 2 is 1.94 bits per heavy atom. The Kier molecular flexibility index (Phi) is 5.22. The minimum atomic E-state index is -0.436. The van der Waals surface area contributed by atoms with Crippen molar-refractivity contribution in [3.8, 4) is 0 Å².